The highest BCUT2D eigenvalue weighted by Gasteiger charge is 2.14. The molecule has 3 aromatic rings. The average molecular weight is 440 g/mol. The number of nitrogens with zero attached hydrogens (tertiary/aromatic N) is 1. The Bertz CT molecular complexity index is 882. The molecule has 130 valence electrons. The fourth-order valence-corrected chi connectivity index (χ4v) is 3.30. The molecule has 3 rings (SSSR count). The molecule has 1 atom stereocenters. The molecule has 1 heterocycles. The molecule has 0 aliphatic carbocycles. The third kappa shape index (κ3) is 4.71. The van der Waals surface area contributed by atoms with E-state index >= 15 is 0 Å². The molecule has 0 saturated heterocycles. The first-order chi connectivity index (χ1) is 12.0. The number of rotatable bonds is 6. The fourth-order valence-electron chi connectivity index (χ4n) is 2.16. The Morgan fingerprint density at radius 1 is 1.32 bits per heavy atom. The lowest BCUT2D eigenvalue weighted by Gasteiger charge is -2.06. The lowest BCUT2D eigenvalue weighted by atomic mass is 10.2. The predicted octanol–water partition coefficient (Wildman–Crippen LogP) is 5.64. The van der Waals surface area contributed by atoms with Crippen molar-refractivity contribution in [2.45, 2.75) is 24.8 Å². The molecule has 0 aliphatic heterocycles. The minimum atomic E-state index is -0.210. The predicted molar refractivity (Wildman–Crippen MR) is 107 cm³/mol. The van der Waals surface area contributed by atoms with E-state index in [1.807, 2.05) is 49.4 Å². The van der Waals surface area contributed by atoms with Crippen LogP contribution in [0.1, 0.15) is 18.9 Å². The second-order valence-corrected chi connectivity index (χ2v) is 8.00. The number of carbonyl (C=O) groups excluding carboxylic acids is 1. The Balaban J connectivity index is 1.69. The van der Waals surface area contributed by atoms with Crippen LogP contribution in [0.4, 0.5) is 5.13 Å². The van der Waals surface area contributed by atoms with Crippen molar-refractivity contribution in [1.29, 1.82) is 0 Å². The van der Waals surface area contributed by atoms with E-state index < -0.39 is 0 Å². The van der Waals surface area contributed by atoms with E-state index in [-0.39, 0.29) is 10.7 Å². The van der Waals surface area contributed by atoms with Gasteiger partial charge >= 0.3 is 0 Å². The number of nitrogens with one attached hydrogen (secondary N) is 1. The van der Waals surface area contributed by atoms with E-state index in [0.29, 0.717) is 16.8 Å². The maximum atomic E-state index is 11.9. The summed E-state index contributed by atoms with van der Waals surface area (Å²) in [7, 11) is 0. The number of halogens is 2. The maximum Gasteiger partial charge on any atom is 0.239 e. The topological polar surface area (TPSA) is 51.2 Å². The summed E-state index contributed by atoms with van der Waals surface area (Å²) in [6, 6.07) is 13.3. The smallest absolute Gasteiger partial charge is 0.239 e. The number of anilines is 1. The first-order valence-electron chi connectivity index (χ1n) is 7.78. The number of benzene rings is 2. The van der Waals surface area contributed by atoms with E-state index in [4.69, 9.17) is 16.3 Å². The van der Waals surface area contributed by atoms with Crippen LogP contribution in [0.5, 0.6) is 5.75 Å². The monoisotopic (exact) mass is 438 g/mol. The minimum absolute atomic E-state index is 0.0826. The number of hydrogen-bond acceptors (Lipinski definition) is 4. The van der Waals surface area contributed by atoms with Crippen molar-refractivity contribution >= 4 is 60.1 Å². The van der Waals surface area contributed by atoms with Gasteiger partial charge in [-0.15, -0.1) is 0 Å². The van der Waals surface area contributed by atoms with Gasteiger partial charge in [-0.2, -0.15) is 0 Å². The van der Waals surface area contributed by atoms with E-state index in [1.165, 1.54) is 11.3 Å². The summed E-state index contributed by atoms with van der Waals surface area (Å²) in [5.74, 6) is 0.677. The molecule has 1 N–H and O–H groups in total. The van der Waals surface area contributed by atoms with Gasteiger partial charge in [0.1, 0.15) is 12.4 Å². The Hall–Kier alpha value is -1.63. The molecule has 25 heavy (non-hydrogen) atoms. The third-order valence-corrected chi connectivity index (χ3v) is 5.80. The van der Waals surface area contributed by atoms with Crippen molar-refractivity contribution in [3.05, 3.63) is 53.1 Å². The summed E-state index contributed by atoms with van der Waals surface area (Å²) in [4.78, 5) is 16.2. The highest BCUT2D eigenvalue weighted by atomic mass is 79.9. The summed E-state index contributed by atoms with van der Waals surface area (Å²) in [6.07, 6.45) is 0.722. The van der Waals surface area contributed by atoms with Gasteiger partial charge in [0.25, 0.3) is 0 Å². The largest absolute Gasteiger partial charge is 0.489 e. The Morgan fingerprint density at radius 3 is 2.80 bits per heavy atom. The van der Waals surface area contributed by atoms with Crippen LogP contribution in [0.3, 0.4) is 0 Å². The third-order valence-electron chi connectivity index (χ3n) is 3.55. The summed E-state index contributed by atoms with van der Waals surface area (Å²) >= 11 is 10.7. The highest BCUT2D eigenvalue weighted by Crippen LogP contribution is 2.30. The van der Waals surface area contributed by atoms with Gasteiger partial charge < -0.3 is 10.1 Å². The van der Waals surface area contributed by atoms with Gasteiger partial charge in [0.15, 0.2) is 5.13 Å². The molecule has 0 spiro atoms. The lowest BCUT2D eigenvalue weighted by Crippen LogP contribution is -2.21. The van der Waals surface area contributed by atoms with E-state index in [9.17, 15) is 4.79 Å². The van der Waals surface area contributed by atoms with Crippen LogP contribution in [0.15, 0.2) is 42.5 Å². The van der Waals surface area contributed by atoms with E-state index in [1.54, 1.807) is 0 Å². The van der Waals surface area contributed by atoms with Gasteiger partial charge in [0.2, 0.25) is 5.91 Å². The van der Waals surface area contributed by atoms with Crippen molar-refractivity contribution in [3.63, 3.8) is 0 Å². The van der Waals surface area contributed by atoms with Crippen molar-refractivity contribution in [2.75, 3.05) is 5.32 Å². The molecule has 2 aromatic carbocycles. The number of aromatic nitrogens is 1. The molecule has 7 heteroatoms. The van der Waals surface area contributed by atoms with Crippen molar-refractivity contribution in [1.82, 2.24) is 4.98 Å². The van der Waals surface area contributed by atoms with Gasteiger partial charge in [0, 0.05) is 5.02 Å². The van der Waals surface area contributed by atoms with Crippen molar-refractivity contribution in [3.8, 4) is 5.75 Å². The normalized spacial score (nSPS) is 12.1. The molecule has 1 aromatic heterocycles. The standard InChI is InChI=1S/C18H16BrClN2O2S/c1-2-14(19)17(23)22-18-21-15-8-7-13(9-16(15)25-18)24-10-11-3-5-12(20)6-4-11/h3-9,14H,2,10H2,1H3,(H,21,22,23). The summed E-state index contributed by atoms with van der Waals surface area (Å²) in [6.45, 7) is 2.41. The van der Waals surface area contributed by atoms with Crippen LogP contribution in [-0.2, 0) is 11.4 Å². The van der Waals surface area contributed by atoms with Crippen LogP contribution < -0.4 is 10.1 Å². The molecule has 1 amide bonds. The number of carbonyl (C=O) groups is 1. The maximum absolute atomic E-state index is 11.9. The van der Waals surface area contributed by atoms with E-state index in [0.717, 1.165) is 28.0 Å². The number of ether oxygens (including phenoxy) is 1. The van der Waals surface area contributed by atoms with Crippen molar-refractivity contribution < 1.29 is 9.53 Å². The van der Waals surface area contributed by atoms with Gasteiger partial charge in [0.05, 0.1) is 15.0 Å². The zero-order valence-electron chi connectivity index (χ0n) is 13.5. The quantitative estimate of drug-likeness (QED) is 0.506. The molecule has 4 nitrogen and oxygen atoms in total. The van der Waals surface area contributed by atoms with Crippen LogP contribution in [0, 0.1) is 0 Å². The second-order valence-electron chi connectivity index (χ2n) is 5.43. The molecule has 0 aliphatic rings. The van der Waals surface area contributed by atoms with Crippen molar-refractivity contribution in [2.24, 2.45) is 0 Å². The minimum Gasteiger partial charge on any atom is -0.489 e. The molecule has 1 unspecified atom stereocenters. The van der Waals surface area contributed by atoms with Gasteiger partial charge in [-0.25, -0.2) is 4.98 Å². The molecule has 0 fully saturated rings. The first-order valence-corrected chi connectivity index (χ1v) is 9.89. The molecule has 0 radical (unpaired) electrons. The zero-order chi connectivity index (χ0) is 17.8. The SMILES string of the molecule is CCC(Br)C(=O)Nc1nc2ccc(OCc3ccc(Cl)cc3)cc2s1. The summed E-state index contributed by atoms with van der Waals surface area (Å²) in [5, 5.41) is 4.13. The van der Waals surface area contributed by atoms with Crippen LogP contribution >= 0.6 is 38.9 Å². The number of alkyl halides is 1. The first kappa shape index (κ1) is 18.2. The molecular weight excluding hydrogens is 424 g/mol. The highest BCUT2D eigenvalue weighted by molar-refractivity contribution is 9.10. The molecule has 0 saturated carbocycles. The summed E-state index contributed by atoms with van der Waals surface area (Å²) in [5.41, 5.74) is 1.88. The zero-order valence-corrected chi connectivity index (χ0v) is 16.6. The average Bonchev–Trinajstić information content (AvgIpc) is 3.01. The fraction of sp³-hybridized carbons (Fsp3) is 0.222. The summed E-state index contributed by atoms with van der Waals surface area (Å²) < 4.78 is 6.79. The Morgan fingerprint density at radius 2 is 2.08 bits per heavy atom. The lowest BCUT2D eigenvalue weighted by molar-refractivity contribution is -0.115. The number of hydrogen-bond donors (Lipinski definition) is 1. The number of fused-ring (bicyclic) bond motifs is 1. The number of amides is 1. The molecular formula is C18H16BrClN2O2S. The Kier molecular flexibility index (Phi) is 5.93. The Labute approximate surface area is 163 Å². The van der Waals surface area contributed by atoms with Crippen LogP contribution in [0.25, 0.3) is 10.2 Å². The van der Waals surface area contributed by atoms with Crippen LogP contribution in [0.2, 0.25) is 5.02 Å². The molecule has 0 bridgehead atoms. The van der Waals surface area contributed by atoms with Gasteiger partial charge in [-0.3, -0.25) is 4.79 Å². The van der Waals surface area contributed by atoms with E-state index in [2.05, 4.69) is 26.2 Å². The van der Waals surface area contributed by atoms with Gasteiger partial charge in [-0.1, -0.05) is 57.9 Å². The van der Waals surface area contributed by atoms with Gasteiger partial charge in [-0.05, 0) is 42.3 Å². The second kappa shape index (κ2) is 8.17. The van der Waals surface area contributed by atoms with Crippen LogP contribution in [-0.4, -0.2) is 15.7 Å². The number of thiazole rings is 1.